The molecular weight excluding hydrogens is 195 g/mol. The summed E-state index contributed by atoms with van der Waals surface area (Å²) in [5.74, 6) is 0. The van der Waals surface area contributed by atoms with E-state index in [0.29, 0.717) is 5.54 Å². The van der Waals surface area contributed by atoms with E-state index >= 15 is 0 Å². The summed E-state index contributed by atoms with van der Waals surface area (Å²) < 4.78 is 0. The molecule has 2 saturated heterocycles. The second-order valence-corrected chi connectivity index (χ2v) is 3.62. The number of hydrogen-bond acceptors (Lipinski definition) is 2. The van der Waals surface area contributed by atoms with Crippen molar-refractivity contribution in [2.24, 2.45) is 5.73 Å². The summed E-state index contributed by atoms with van der Waals surface area (Å²) in [5, 5.41) is 0. The van der Waals surface area contributed by atoms with Crippen molar-refractivity contribution >= 4 is 24.8 Å². The first kappa shape index (κ1) is 12.5. The van der Waals surface area contributed by atoms with Crippen molar-refractivity contribution in [3.8, 4) is 0 Å². The maximum atomic E-state index is 5.77. The highest BCUT2D eigenvalue weighted by molar-refractivity contribution is 5.85. The molecule has 2 rings (SSSR count). The molecule has 2 aliphatic rings. The fourth-order valence-corrected chi connectivity index (χ4v) is 2.56. The van der Waals surface area contributed by atoms with Crippen LogP contribution in [-0.4, -0.2) is 30.1 Å². The molecule has 0 saturated carbocycles. The summed E-state index contributed by atoms with van der Waals surface area (Å²) in [6.45, 7) is 3.49. The molecule has 2 nitrogen and oxygen atoms in total. The van der Waals surface area contributed by atoms with Crippen LogP contribution in [0.3, 0.4) is 0 Å². The monoisotopic (exact) mass is 212 g/mol. The lowest BCUT2D eigenvalue weighted by molar-refractivity contribution is 0.204. The number of rotatable bonds is 1. The lowest BCUT2D eigenvalue weighted by Crippen LogP contribution is -2.44. The smallest absolute Gasteiger partial charge is 0.0332 e. The van der Waals surface area contributed by atoms with Crippen LogP contribution >= 0.6 is 24.8 Å². The average molecular weight is 213 g/mol. The Morgan fingerprint density at radius 2 is 1.58 bits per heavy atom. The fourth-order valence-electron chi connectivity index (χ4n) is 2.56. The van der Waals surface area contributed by atoms with Gasteiger partial charge >= 0.3 is 0 Å². The highest BCUT2D eigenvalue weighted by Gasteiger charge is 2.42. The van der Waals surface area contributed by atoms with Crippen molar-refractivity contribution in [3.63, 3.8) is 0 Å². The molecule has 0 radical (unpaired) electrons. The minimum absolute atomic E-state index is 0. The summed E-state index contributed by atoms with van der Waals surface area (Å²) in [4.78, 5) is 2.59. The van der Waals surface area contributed by atoms with Gasteiger partial charge in [-0.15, -0.1) is 24.8 Å². The first-order valence-corrected chi connectivity index (χ1v) is 4.32. The quantitative estimate of drug-likeness (QED) is 0.713. The molecule has 0 aromatic rings. The van der Waals surface area contributed by atoms with E-state index in [4.69, 9.17) is 5.73 Å². The highest BCUT2D eigenvalue weighted by Crippen LogP contribution is 2.37. The van der Waals surface area contributed by atoms with Crippen LogP contribution < -0.4 is 5.73 Å². The number of hydrogen-bond donors (Lipinski definition) is 1. The van der Waals surface area contributed by atoms with E-state index < -0.39 is 0 Å². The second kappa shape index (κ2) is 4.66. The predicted octanol–water partition coefficient (Wildman–Crippen LogP) is 1.42. The van der Waals surface area contributed by atoms with Crippen LogP contribution in [0.4, 0.5) is 0 Å². The van der Waals surface area contributed by atoms with Crippen LogP contribution in [0.1, 0.15) is 25.7 Å². The maximum absolute atomic E-state index is 5.77. The molecule has 2 heterocycles. The van der Waals surface area contributed by atoms with E-state index in [1.165, 1.54) is 38.8 Å². The molecule has 12 heavy (non-hydrogen) atoms. The van der Waals surface area contributed by atoms with E-state index in [1.807, 2.05) is 0 Å². The van der Waals surface area contributed by atoms with Crippen LogP contribution in [-0.2, 0) is 0 Å². The van der Waals surface area contributed by atoms with Crippen LogP contribution in [0.15, 0.2) is 0 Å². The lowest BCUT2D eigenvalue weighted by Gasteiger charge is -2.30. The van der Waals surface area contributed by atoms with Crippen LogP contribution in [0, 0.1) is 0 Å². The lowest BCUT2D eigenvalue weighted by atomic mass is 9.95. The molecule has 0 aliphatic carbocycles. The van der Waals surface area contributed by atoms with Gasteiger partial charge < -0.3 is 5.73 Å². The average Bonchev–Trinajstić information content (AvgIpc) is 2.42. The SMILES string of the molecule is Cl.Cl.NCC12CCCN1CCC2. The normalized spacial score (nSPS) is 25.8. The Labute approximate surface area is 86.7 Å². The van der Waals surface area contributed by atoms with Gasteiger partial charge in [0.2, 0.25) is 0 Å². The van der Waals surface area contributed by atoms with Gasteiger partial charge in [0, 0.05) is 12.1 Å². The van der Waals surface area contributed by atoms with Crippen molar-refractivity contribution in [1.82, 2.24) is 4.90 Å². The molecular formula is C8H18Cl2N2. The van der Waals surface area contributed by atoms with Gasteiger partial charge in [0.15, 0.2) is 0 Å². The van der Waals surface area contributed by atoms with E-state index in [1.54, 1.807) is 0 Å². The van der Waals surface area contributed by atoms with Crippen molar-refractivity contribution in [3.05, 3.63) is 0 Å². The van der Waals surface area contributed by atoms with E-state index in [2.05, 4.69) is 4.90 Å². The second-order valence-electron chi connectivity index (χ2n) is 3.62. The van der Waals surface area contributed by atoms with Gasteiger partial charge in [0.05, 0.1) is 0 Å². The van der Waals surface area contributed by atoms with Crippen molar-refractivity contribution in [2.75, 3.05) is 19.6 Å². The Morgan fingerprint density at radius 3 is 1.92 bits per heavy atom. The molecule has 2 N–H and O–H groups in total. The molecule has 0 amide bonds. The maximum Gasteiger partial charge on any atom is 0.0332 e. The minimum atomic E-state index is 0. The van der Waals surface area contributed by atoms with E-state index in [-0.39, 0.29) is 24.8 Å². The molecule has 0 aromatic heterocycles. The Bertz CT molecular complexity index is 131. The molecule has 0 bridgehead atoms. The van der Waals surface area contributed by atoms with Crippen LogP contribution in [0.5, 0.6) is 0 Å². The van der Waals surface area contributed by atoms with Gasteiger partial charge in [0.1, 0.15) is 0 Å². The summed E-state index contributed by atoms with van der Waals surface area (Å²) in [7, 11) is 0. The first-order valence-electron chi connectivity index (χ1n) is 4.32. The molecule has 4 heteroatoms. The van der Waals surface area contributed by atoms with Crippen molar-refractivity contribution < 1.29 is 0 Å². The topological polar surface area (TPSA) is 29.3 Å². The number of fused-ring (bicyclic) bond motifs is 1. The summed E-state index contributed by atoms with van der Waals surface area (Å²) in [6.07, 6.45) is 5.45. The van der Waals surface area contributed by atoms with E-state index in [0.717, 1.165) is 6.54 Å². The van der Waals surface area contributed by atoms with Gasteiger partial charge in [-0.3, -0.25) is 4.90 Å². The molecule has 0 spiro atoms. The van der Waals surface area contributed by atoms with Gasteiger partial charge in [-0.2, -0.15) is 0 Å². The number of halogens is 2. The standard InChI is InChI=1S/C8H16N2.2ClH/c9-7-8-3-1-5-10(8)6-2-4-8;;/h1-7,9H2;2*1H. The van der Waals surface area contributed by atoms with E-state index in [9.17, 15) is 0 Å². The molecule has 0 atom stereocenters. The highest BCUT2D eigenvalue weighted by atomic mass is 35.5. The largest absolute Gasteiger partial charge is 0.329 e. The third kappa shape index (κ3) is 1.72. The Kier molecular flexibility index (Phi) is 4.85. The first-order chi connectivity index (χ1) is 4.87. The Balaban J connectivity index is 0.000000605. The van der Waals surface area contributed by atoms with Crippen LogP contribution in [0.25, 0.3) is 0 Å². The number of nitrogens with zero attached hydrogens (tertiary/aromatic N) is 1. The van der Waals surface area contributed by atoms with Gasteiger partial charge in [-0.1, -0.05) is 0 Å². The third-order valence-electron chi connectivity index (χ3n) is 3.19. The van der Waals surface area contributed by atoms with Crippen molar-refractivity contribution in [1.29, 1.82) is 0 Å². The number of nitrogens with two attached hydrogens (primary N) is 1. The Hall–Kier alpha value is 0.500. The molecule has 0 unspecified atom stereocenters. The minimum Gasteiger partial charge on any atom is -0.329 e. The Morgan fingerprint density at radius 1 is 1.08 bits per heavy atom. The predicted molar refractivity (Wildman–Crippen MR) is 56.3 cm³/mol. The van der Waals surface area contributed by atoms with Gasteiger partial charge in [-0.25, -0.2) is 0 Å². The zero-order chi connectivity index (χ0) is 7.03. The summed E-state index contributed by atoms with van der Waals surface area (Å²) >= 11 is 0. The summed E-state index contributed by atoms with van der Waals surface area (Å²) in [6, 6.07) is 0. The van der Waals surface area contributed by atoms with Gasteiger partial charge in [0.25, 0.3) is 0 Å². The van der Waals surface area contributed by atoms with Crippen LogP contribution in [0.2, 0.25) is 0 Å². The summed E-state index contributed by atoms with van der Waals surface area (Å²) in [5.41, 5.74) is 6.23. The fraction of sp³-hybridized carbons (Fsp3) is 1.00. The molecule has 2 fully saturated rings. The zero-order valence-electron chi connectivity index (χ0n) is 7.29. The van der Waals surface area contributed by atoms with Crippen molar-refractivity contribution in [2.45, 2.75) is 31.2 Å². The molecule has 74 valence electrons. The molecule has 2 aliphatic heterocycles. The zero-order valence-corrected chi connectivity index (χ0v) is 8.92. The molecule has 0 aromatic carbocycles. The van der Waals surface area contributed by atoms with Gasteiger partial charge in [-0.05, 0) is 38.8 Å². The third-order valence-corrected chi connectivity index (χ3v) is 3.19.